The Morgan fingerprint density at radius 1 is 1.30 bits per heavy atom. The summed E-state index contributed by atoms with van der Waals surface area (Å²) in [4.78, 5) is 0. The molecular formula is C18H24O2. The van der Waals surface area contributed by atoms with Crippen LogP contribution in [0, 0.1) is 12.8 Å². The quantitative estimate of drug-likeness (QED) is 0.726. The summed E-state index contributed by atoms with van der Waals surface area (Å²) < 4.78 is 11.5. The highest BCUT2D eigenvalue weighted by Crippen LogP contribution is 2.59. The van der Waals surface area contributed by atoms with Crippen molar-refractivity contribution in [3.63, 3.8) is 0 Å². The van der Waals surface area contributed by atoms with Crippen LogP contribution in [-0.2, 0) is 16.6 Å². The highest BCUT2D eigenvalue weighted by molar-refractivity contribution is 5.48. The molecule has 3 aliphatic rings. The molecule has 0 radical (unpaired) electrons. The highest BCUT2D eigenvalue weighted by Gasteiger charge is 2.61. The summed E-state index contributed by atoms with van der Waals surface area (Å²) in [6, 6.07) is 4.67. The van der Waals surface area contributed by atoms with E-state index in [2.05, 4.69) is 26.0 Å². The molecule has 2 aliphatic carbocycles. The standard InChI is InChI=1S/C18H24O2/c1-12-9-13-5-6-16-17(2,14(13)10-15(12)19-3)7-4-8-18(16)11-20-18/h9-10,16H,4-8,11H2,1-3H3/t16?,17-,18+/m1/s1. The van der Waals surface area contributed by atoms with E-state index in [4.69, 9.17) is 9.47 Å². The topological polar surface area (TPSA) is 21.8 Å². The molecule has 108 valence electrons. The lowest BCUT2D eigenvalue weighted by atomic mass is 9.54. The van der Waals surface area contributed by atoms with Crippen LogP contribution < -0.4 is 4.74 Å². The van der Waals surface area contributed by atoms with Gasteiger partial charge in [-0.1, -0.05) is 13.0 Å². The average molecular weight is 272 g/mol. The van der Waals surface area contributed by atoms with Crippen LogP contribution in [0.4, 0.5) is 0 Å². The molecule has 0 amide bonds. The summed E-state index contributed by atoms with van der Waals surface area (Å²) in [5.41, 5.74) is 4.85. The zero-order valence-electron chi connectivity index (χ0n) is 12.8. The van der Waals surface area contributed by atoms with Gasteiger partial charge in [0, 0.05) is 0 Å². The molecule has 2 nitrogen and oxygen atoms in total. The third-order valence-corrected chi connectivity index (χ3v) is 6.15. The molecule has 2 fully saturated rings. The van der Waals surface area contributed by atoms with Gasteiger partial charge in [-0.2, -0.15) is 0 Å². The van der Waals surface area contributed by atoms with Gasteiger partial charge in [0.1, 0.15) is 5.75 Å². The Morgan fingerprint density at radius 2 is 2.10 bits per heavy atom. The lowest BCUT2D eigenvalue weighted by Crippen LogP contribution is -2.48. The Balaban J connectivity index is 1.85. The predicted octanol–water partition coefficient (Wildman–Crippen LogP) is 3.78. The van der Waals surface area contributed by atoms with Crippen LogP contribution in [0.2, 0.25) is 0 Å². The fourth-order valence-corrected chi connectivity index (χ4v) is 5.03. The van der Waals surface area contributed by atoms with Crippen LogP contribution in [0.3, 0.4) is 0 Å². The first-order valence-electron chi connectivity index (χ1n) is 7.91. The number of hydrogen-bond donors (Lipinski definition) is 0. The van der Waals surface area contributed by atoms with Crippen molar-refractivity contribution in [1.29, 1.82) is 0 Å². The predicted molar refractivity (Wildman–Crippen MR) is 79.4 cm³/mol. The number of methoxy groups -OCH3 is 1. The van der Waals surface area contributed by atoms with Crippen molar-refractivity contribution >= 4 is 0 Å². The Morgan fingerprint density at radius 3 is 2.80 bits per heavy atom. The Labute approximate surface area is 121 Å². The fraction of sp³-hybridized carbons (Fsp3) is 0.667. The molecule has 20 heavy (non-hydrogen) atoms. The van der Waals surface area contributed by atoms with Crippen molar-refractivity contribution in [2.45, 2.75) is 57.0 Å². The molecule has 1 saturated carbocycles. The van der Waals surface area contributed by atoms with Crippen LogP contribution in [0.1, 0.15) is 49.3 Å². The second kappa shape index (κ2) is 4.00. The van der Waals surface area contributed by atoms with E-state index in [1.807, 2.05) is 0 Å². The summed E-state index contributed by atoms with van der Waals surface area (Å²) >= 11 is 0. The van der Waals surface area contributed by atoms with Gasteiger partial charge in [0.15, 0.2) is 0 Å². The number of benzene rings is 1. The molecule has 4 rings (SSSR count). The van der Waals surface area contributed by atoms with Crippen LogP contribution in [0.15, 0.2) is 12.1 Å². The number of hydrogen-bond acceptors (Lipinski definition) is 2. The van der Waals surface area contributed by atoms with E-state index >= 15 is 0 Å². The summed E-state index contributed by atoms with van der Waals surface area (Å²) in [6.07, 6.45) is 6.34. The molecule has 2 heteroatoms. The van der Waals surface area contributed by atoms with E-state index in [1.54, 1.807) is 12.7 Å². The van der Waals surface area contributed by atoms with Gasteiger partial charge in [0.05, 0.1) is 19.3 Å². The van der Waals surface area contributed by atoms with E-state index < -0.39 is 0 Å². The van der Waals surface area contributed by atoms with E-state index in [1.165, 1.54) is 43.2 Å². The van der Waals surface area contributed by atoms with Crippen molar-refractivity contribution in [2.24, 2.45) is 5.92 Å². The molecule has 1 saturated heterocycles. The minimum absolute atomic E-state index is 0.225. The SMILES string of the molecule is COc1cc2c(cc1C)CCC1[C@]3(CCC[C@]21C)CO3. The summed E-state index contributed by atoms with van der Waals surface area (Å²) in [5, 5.41) is 0. The minimum Gasteiger partial charge on any atom is -0.496 e. The van der Waals surface area contributed by atoms with E-state index in [-0.39, 0.29) is 11.0 Å². The molecule has 1 spiro atoms. The molecule has 1 aromatic carbocycles. The summed E-state index contributed by atoms with van der Waals surface area (Å²) in [5.74, 6) is 1.74. The maximum absolute atomic E-state index is 5.94. The van der Waals surface area contributed by atoms with E-state index in [0.29, 0.717) is 5.92 Å². The lowest BCUT2D eigenvalue weighted by molar-refractivity contribution is 0.0689. The van der Waals surface area contributed by atoms with Gasteiger partial charge in [0.25, 0.3) is 0 Å². The normalized spacial score (nSPS) is 38.2. The molecule has 1 heterocycles. The maximum atomic E-state index is 5.94. The van der Waals surface area contributed by atoms with Gasteiger partial charge in [-0.3, -0.25) is 0 Å². The van der Waals surface area contributed by atoms with Gasteiger partial charge in [-0.05, 0) is 73.1 Å². The second-order valence-corrected chi connectivity index (χ2v) is 7.19. The molecule has 1 aliphatic heterocycles. The van der Waals surface area contributed by atoms with Crippen molar-refractivity contribution < 1.29 is 9.47 Å². The van der Waals surface area contributed by atoms with E-state index in [0.717, 1.165) is 12.4 Å². The molecule has 3 atom stereocenters. The Bertz CT molecular complexity index is 559. The van der Waals surface area contributed by atoms with Crippen LogP contribution in [-0.4, -0.2) is 19.3 Å². The Hall–Kier alpha value is -1.02. The molecule has 1 unspecified atom stereocenters. The molecular weight excluding hydrogens is 248 g/mol. The van der Waals surface area contributed by atoms with Crippen molar-refractivity contribution in [3.05, 3.63) is 28.8 Å². The largest absolute Gasteiger partial charge is 0.496 e. The lowest BCUT2D eigenvalue weighted by Gasteiger charge is -2.49. The minimum atomic E-state index is 0.225. The molecule has 1 aromatic rings. The smallest absolute Gasteiger partial charge is 0.122 e. The molecule has 0 aromatic heterocycles. The van der Waals surface area contributed by atoms with Crippen molar-refractivity contribution in [3.8, 4) is 5.75 Å². The zero-order chi connectivity index (χ0) is 14.0. The first-order valence-corrected chi connectivity index (χ1v) is 7.91. The second-order valence-electron chi connectivity index (χ2n) is 7.19. The third kappa shape index (κ3) is 1.54. The number of epoxide rings is 1. The first-order chi connectivity index (χ1) is 9.59. The maximum Gasteiger partial charge on any atom is 0.122 e. The number of fused-ring (bicyclic) bond motifs is 4. The Kier molecular flexibility index (Phi) is 2.54. The van der Waals surface area contributed by atoms with Crippen LogP contribution >= 0.6 is 0 Å². The zero-order valence-corrected chi connectivity index (χ0v) is 12.8. The van der Waals surface area contributed by atoms with Gasteiger partial charge < -0.3 is 9.47 Å². The summed E-state index contributed by atoms with van der Waals surface area (Å²) in [6.45, 7) is 5.61. The van der Waals surface area contributed by atoms with Crippen molar-refractivity contribution in [2.75, 3.05) is 13.7 Å². The van der Waals surface area contributed by atoms with Crippen molar-refractivity contribution in [1.82, 2.24) is 0 Å². The summed E-state index contributed by atoms with van der Waals surface area (Å²) in [7, 11) is 1.78. The van der Waals surface area contributed by atoms with E-state index in [9.17, 15) is 0 Å². The number of aryl methyl sites for hydroxylation is 2. The van der Waals surface area contributed by atoms with Crippen LogP contribution in [0.5, 0.6) is 5.75 Å². The van der Waals surface area contributed by atoms with Gasteiger partial charge in [0.2, 0.25) is 0 Å². The fourth-order valence-electron chi connectivity index (χ4n) is 5.03. The van der Waals surface area contributed by atoms with Gasteiger partial charge >= 0.3 is 0 Å². The monoisotopic (exact) mass is 272 g/mol. The first kappa shape index (κ1) is 12.7. The number of rotatable bonds is 1. The van der Waals surface area contributed by atoms with Gasteiger partial charge in [-0.15, -0.1) is 0 Å². The van der Waals surface area contributed by atoms with Crippen LogP contribution in [0.25, 0.3) is 0 Å². The highest BCUT2D eigenvalue weighted by atomic mass is 16.6. The van der Waals surface area contributed by atoms with Gasteiger partial charge in [-0.25, -0.2) is 0 Å². The average Bonchev–Trinajstić information content (AvgIpc) is 3.18. The number of ether oxygens (including phenoxy) is 2. The molecule has 0 bridgehead atoms. The third-order valence-electron chi connectivity index (χ3n) is 6.15. The molecule has 0 N–H and O–H groups in total.